The van der Waals surface area contributed by atoms with Gasteiger partial charge in [-0.05, 0) is 94.0 Å². The van der Waals surface area contributed by atoms with E-state index in [1.165, 1.54) is 55.2 Å². The Morgan fingerprint density at radius 1 is 0.377 bits per heavy atom. The molecule has 0 N–H and O–H groups in total. The monoisotopic (exact) mass is 680 g/mol. The Kier molecular flexibility index (Phi) is 8.21. The van der Waals surface area contributed by atoms with E-state index in [2.05, 4.69) is 216 Å². The molecular weight excluding hydrogens is 641 g/mol. The molecule has 1 aliphatic carbocycles. The third kappa shape index (κ3) is 5.10. The molecule has 0 bridgehead atoms. The summed E-state index contributed by atoms with van der Waals surface area (Å²) in [5.74, 6) is 0. The van der Waals surface area contributed by atoms with Crippen LogP contribution in [0.25, 0.3) is 38.6 Å². The van der Waals surface area contributed by atoms with Gasteiger partial charge in [0.1, 0.15) is 0 Å². The molecule has 0 atom stereocenters. The van der Waals surface area contributed by atoms with Crippen LogP contribution in [-0.4, -0.2) is 4.57 Å². The second-order valence-electron chi connectivity index (χ2n) is 13.3. The molecule has 0 radical (unpaired) electrons. The second-order valence-corrected chi connectivity index (χ2v) is 13.3. The number of aromatic nitrogens is 1. The van der Waals surface area contributed by atoms with E-state index < -0.39 is 5.41 Å². The molecule has 9 aromatic rings. The molecule has 1 aromatic heterocycles. The lowest BCUT2D eigenvalue weighted by molar-refractivity contribution is 0.768. The van der Waals surface area contributed by atoms with E-state index in [9.17, 15) is 0 Å². The van der Waals surface area contributed by atoms with Gasteiger partial charge in [-0.3, -0.25) is 0 Å². The third-order valence-corrected chi connectivity index (χ3v) is 10.6. The lowest BCUT2D eigenvalue weighted by Gasteiger charge is -2.35. The van der Waals surface area contributed by atoms with Crippen molar-refractivity contribution in [1.29, 1.82) is 0 Å². The predicted octanol–water partition coefficient (Wildman–Crippen LogP) is 13.6. The van der Waals surface area contributed by atoms with Crippen molar-refractivity contribution in [2.24, 2.45) is 0 Å². The van der Waals surface area contributed by atoms with E-state index >= 15 is 0 Å². The Morgan fingerprint density at radius 3 is 1.58 bits per heavy atom. The van der Waals surface area contributed by atoms with Crippen molar-refractivity contribution in [3.05, 3.63) is 229 Å². The summed E-state index contributed by atoms with van der Waals surface area (Å²) in [4.78, 5) is 2.41. The van der Waals surface area contributed by atoms with Gasteiger partial charge in [-0.1, -0.05) is 159 Å². The number of benzene rings is 8. The number of hydrogen-bond acceptors (Lipinski definition) is 1. The lowest BCUT2D eigenvalue weighted by atomic mass is 9.67. The molecule has 53 heavy (non-hydrogen) atoms. The largest absolute Gasteiger partial charge is 0.310 e. The van der Waals surface area contributed by atoms with Crippen molar-refractivity contribution in [3.63, 3.8) is 0 Å². The first kappa shape index (κ1) is 32.3. The van der Waals surface area contributed by atoms with Gasteiger partial charge >= 0.3 is 0 Å². The number of rotatable bonds is 6. The average Bonchev–Trinajstić information content (AvgIpc) is 3.73. The van der Waals surface area contributed by atoms with Crippen LogP contribution in [0.1, 0.15) is 36.1 Å². The van der Waals surface area contributed by atoms with Crippen LogP contribution >= 0.6 is 0 Å². The minimum atomic E-state index is -0.472. The van der Waals surface area contributed by atoms with Crippen LogP contribution in [0.5, 0.6) is 0 Å². The first-order chi connectivity index (χ1) is 26.3. The van der Waals surface area contributed by atoms with E-state index in [1.807, 2.05) is 13.8 Å². The SMILES string of the molecule is CC.c1ccc(N(c2ccc3c(c2)C(c2ccccc2)(c2ccccc2)c2ccccc2-3)c2ccc3c(c2)c2ccccc2n3-c2ccccc2)cc1. The summed E-state index contributed by atoms with van der Waals surface area (Å²) in [5.41, 5.74) is 14.1. The number of hydrogen-bond donors (Lipinski definition) is 0. The third-order valence-electron chi connectivity index (χ3n) is 10.6. The van der Waals surface area contributed by atoms with Gasteiger partial charge in [0.15, 0.2) is 0 Å². The molecule has 0 amide bonds. The number of para-hydroxylation sites is 3. The van der Waals surface area contributed by atoms with E-state index in [-0.39, 0.29) is 0 Å². The number of fused-ring (bicyclic) bond motifs is 6. The van der Waals surface area contributed by atoms with Crippen LogP contribution in [0, 0.1) is 0 Å². The van der Waals surface area contributed by atoms with E-state index in [4.69, 9.17) is 0 Å². The quantitative estimate of drug-likeness (QED) is 0.170. The van der Waals surface area contributed by atoms with Crippen molar-refractivity contribution >= 4 is 38.9 Å². The van der Waals surface area contributed by atoms with Gasteiger partial charge < -0.3 is 9.47 Å². The summed E-state index contributed by atoms with van der Waals surface area (Å²) in [6.45, 7) is 4.00. The predicted molar refractivity (Wildman–Crippen MR) is 224 cm³/mol. The first-order valence-electron chi connectivity index (χ1n) is 18.6. The van der Waals surface area contributed by atoms with Crippen LogP contribution in [0.4, 0.5) is 17.1 Å². The maximum absolute atomic E-state index is 2.44. The first-order valence-corrected chi connectivity index (χ1v) is 18.6. The fourth-order valence-corrected chi connectivity index (χ4v) is 8.55. The van der Waals surface area contributed by atoms with E-state index in [1.54, 1.807) is 0 Å². The van der Waals surface area contributed by atoms with Crippen molar-refractivity contribution in [3.8, 4) is 16.8 Å². The van der Waals surface area contributed by atoms with Gasteiger partial charge in [-0.15, -0.1) is 0 Å². The number of nitrogens with zero attached hydrogens (tertiary/aromatic N) is 2. The zero-order valence-corrected chi connectivity index (χ0v) is 30.0. The summed E-state index contributed by atoms with van der Waals surface area (Å²) in [6, 6.07) is 75.2. The van der Waals surface area contributed by atoms with Crippen molar-refractivity contribution in [2.45, 2.75) is 19.3 Å². The van der Waals surface area contributed by atoms with Gasteiger partial charge in [0.25, 0.3) is 0 Å². The summed E-state index contributed by atoms with van der Waals surface area (Å²) in [5, 5.41) is 2.46. The average molecular weight is 681 g/mol. The fourth-order valence-electron chi connectivity index (χ4n) is 8.55. The Bertz CT molecular complexity index is 2640. The molecule has 1 heterocycles. The zero-order chi connectivity index (χ0) is 35.8. The standard InChI is InChI=1S/C49H34N2.C2H6/c1-5-17-35(18-6-1)49(36-19-7-2-8-20-36)45-27-15-13-25-41(45)42-31-29-40(34-46(42)49)50(37-21-9-3-10-22-37)39-30-32-48-44(33-39)43-26-14-16-28-47(43)51(48)38-23-11-4-12-24-38;1-2/h1-34H;1-2H3. The van der Waals surface area contributed by atoms with Gasteiger partial charge in [-0.25, -0.2) is 0 Å². The minimum Gasteiger partial charge on any atom is -0.310 e. The fraction of sp³-hybridized carbons (Fsp3) is 0.0588. The highest BCUT2D eigenvalue weighted by Crippen LogP contribution is 2.57. The van der Waals surface area contributed by atoms with Gasteiger partial charge in [0, 0.05) is 33.5 Å². The van der Waals surface area contributed by atoms with Crippen LogP contribution in [0.15, 0.2) is 206 Å². The highest BCUT2D eigenvalue weighted by atomic mass is 15.1. The second kappa shape index (κ2) is 13.5. The molecule has 0 spiro atoms. The van der Waals surface area contributed by atoms with E-state index in [0.29, 0.717) is 0 Å². The van der Waals surface area contributed by atoms with Gasteiger partial charge in [-0.2, -0.15) is 0 Å². The maximum Gasteiger partial charge on any atom is 0.0714 e. The molecule has 0 aliphatic heterocycles. The highest BCUT2D eigenvalue weighted by Gasteiger charge is 2.46. The molecule has 10 rings (SSSR count). The molecule has 8 aromatic carbocycles. The van der Waals surface area contributed by atoms with Crippen molar-refractivity contribution < 1.29 is 0 Å². The smallest absolute Gasteiger partial charge is 0.0714 e. The summed E-state index contributed by atoms with van der Waals surface area (Å²) in [7, 11) is 0. The lowest BCUT2D eigenvalue weighted by Crippen LogP contribution is -2.28. The van der Waals surface area contributed by atoms with Crippen LogP contribution in [-0.2, 0) is 5.41 Å². The number of anilines is 3. The van der Waals surface area contributed by atoms with Crippen molar-refractivity contribution in [1.82, 2.24) is 4.57 Å². The topological polar surface area (TPSA) is 8.17 Å². The van der Waals surface area contributed by atoms with Crippen LogP contribution in [0.2, 0.25) is 0 Å². The normalized spacial score (nSPS) is 12.5. The molecule has 0 saturated heterocycles. The van der Waals surface area contributed by atoms with Gasteiger partial charge in [0.05, 0.1) is 16.4 Å². The Hall–Kier alpha value is -6.64. The molecule has 254 valence electrons. The molecular formula is C51H40N2. The Labute approximate surface area is 311 Å². The Balaban J connectivity index is 0.00000183. The molecule has 2 heteroatoms. The Morgan fingerprint density at radius 2 is 0.887 bits per heavy atom. The van der Waals surface area contributed by atoms with Crippen molar-refractivity contribution in [2.75, 3.05) is 4.90 Å². The summed E-state index contributed by atoms with van der Waals surface area (Å²) in [6.07, 6.45) is 0. The minimum absolute atomic E-state index is 0.472. The highest BCUT2D eigenvalue weighted by molar-refractivity contribution is 6.10. The molecule has 1 aliphatic rings. The summed E-state index contributed by atoms with van der Waals surface area (Å²) >= 11 is 0. The van der Waals surface area contributed by atoms with Crippen LogP contribution in [0.3, 0.4) is 0 Å². The van der Waals surface area contributed by atoms with E-state index in [0.717, 1.165) is 22.7 Å². The maximum atomic E-state index is 2.44. The van der Waals surface area contributed by atoms with Crippen LogP contribution < -0.4 is 4.90 Å². The summed E-state index contributed by atoms with van der Waals surface area (Å²) < 4.78 is 2.38. The zero-order valence-electron chi connectivity index (χ0n) is 30.0. The molecule has 2 nitrogen and oxygen atoms in total. The van der Waals surface area contributed by atoms with Gasteiger partial charge in [0.2, 0.25) is 0 Å². The molecule has 0 unspecified atom stereocenters. The molecule has 0 fully saturated rings. The molecule has 0 saturated carbocycles.